The average molecular weight is 1870 g/mol. The molecule has 36 aromatic rings. The Morgan fingerprint density at radius 3 is 1.21 bits per heavy atom. The Morgan fingerprint density at radius 1 is 0.220 bits per heavy atom. The molecular weight excluding hydrogens is 1800 g/mol. The molecular formula is C126H67N7O4S4. The number of aromatic nitrogens is 7. The van der Waals surface area contributed by atoms with Gasteiger partial charge in [0.1, 0.15) is 27.9 Å². The fraction of sp³-hybridized carbons (Fsp3) is 0.0238. The van der Waals surface area contributed by atoms with E-state index in [4.69, 9.17) is 17.7 Å². The number of rotatable bonds is 4. The van der Waals surface area contributed by atoms with E-state index in [2.05, 4.69) is 399 Å². The molecule has 11 nitrogen and oxygen atoms in total. The standard InChI is InChI=1S/C35H18N2OS.C33H19NOS.C29H14N2OS.C29H16N2OS/c1-2-8-22-20(6-1)21-7-3-4-9-23(21)25-18-19(12-13-24(22)25)37-26-10-5-11-29-31(26)34-30(39-29)15-14-28-33(34)32-27(37)16-17-36-35(32)38-28;1-33(2)19-7-4-3-6-16(19)17-10-12-21-26(31(17)33)18-11-14-25-30-29-24(36-25)15-13-23-28(29)27-20(34(21)32(18)30)8-5-9-22(27)35-23;1-2-4-15(5-3-1)16-6-8-19-18(14-16)17-7-10-23-27-26-22(33-23)11-9-21-25(26)24-20(31(19)28(17)27)12-13-30-29(24)32-21;1-2-5-17(6-3-1)18-9-11-19(12-10-18)31-20-7-4-8-23-25(20)28-24(33-23)14-13-22-27(28)26-21(31)15-16-30-29(26)32-22/h1-18H;3-15H,1-2H3;1-14H;1-16H. The van der Waals surface area contributed by atoms with Gasteiger partial charge in [0.05, 0.1) is 76.7 Å². The molecule has 17 heterocycles. The molecule has 0 N–H and O–H groups in total. The smallest absolute Gasteiger partial charge is 0.229 e. The second-order valence-electron chi connectivity index (χ2n) is 38.4. The summed E-state index contributed by atoms with van der Waals surface area (Å²) < 4.78 is 45.3. The molecule has 17 aromatic heterocycles. The minimum Gasteiger partial charge on any atom is -0.456 e. The number of fused-ring (bicyclic) bond motifs is 18. The fourth-order valence-corrected chi connectivity index (χ4v) is 30.0. The van der Waals surface area contributed by atoms with Crippen LogP contribution in [0.3, 0.4) is 0 Å². The summed E-state index contributed by atoms with van der Waals surface area (Å²) in [6.45, 7) is 4.78. The first-order valence-corrected chi connectivity index (χ1v) is 51.0. The van der Waals surface area contributed by atoms with E-state index in [1.807, 2.05) is 63.9 Å². The lowest BCUT2D eigenvalue weighted by Gasteiger charge is -2.22. The Labute approximate surface area is 812 Å². The van der Waals surface area contributed by atoms with Gasteiger partial charge in [0, 0.05) is 159 Å². The van der Waals surface area contributed by atoms with E-state index in [-0.39, 0.29) is 5.41 Å². The third-order valence-corrected chi connectivity index (χ3v) is 35.6. The maximum absolute atomic E-state index is 6.41. The molecule has 0 radical (unpaired) electrons. The lowest BCUT2D eigenvalue weighted by Crippen LogP contribution is -2.15. The molecule has 141 heavy (non-hydrogen) atoms. The second-order valence-corrected chi connectivity index (χ2v) is 42.8. The normalized spacial score (nSPS) is 13.2. The van der Waals surface area contributed by atoms with Crippen molar-refractivity contribution in [2.24, 2.45) is 0 Å². The predicted octanol–water partition coefficient (Wildman–Crippen LogP) is 36.7. The van der Waals surface area contributed by atoms with Gasteiger partial charge in [-0.3, -0.25) is 0 Å². The molecule has 0 saturated heterocycles. The van der Waals surface area contributed by atoms with E-state index in [0.29, 0.717) is 17.1 Å². The highest BCUT2D eigenvalue weighted by molar-refractivity contribution is 7.27. The zero-order valence-corrected chi connectivity index (χ0v) is 78.4. The summed E-state index contributed by atoms with van der Waals surface area (Å²) in [5.74, 6) is 0. The first kappa shape index (κ1) is 75.8. The van der Waals surface area contributed by atoms with Crippen molar-refractivity contribution < 1.29 is 17.7 Å². The van der Waals surface area contributed by atoms with Crippen molar-refractivity contribution in [3.63, 3.8) is 0 Å². The molecule has 1 aliphatic rings. The molecule has 19 aromatic carbocycles. The van der Waals surface area contributed by atoms with Crippen LogP contribution < -0.4 is 0 Å². The van der Waals surface area contributed by atoms with Gasteiger partial charge >= 0.3 is 0 Å². The average Bonchev–Trinajstić information content (AvgIpc) is 1.47. The maximum Gasteiger partial charge on any atom is 0.229 e. The number of hydrogen-bond acceptors (Lipinski definition) is 11. The molecule has 0 atom stereocenters. The minimum absolute atomic E-state index is 0.0690. The third kappa shape index (κ3) is 9.82. The molecule has 0 amide bonds. The van der Waals surface area contributed by atoms with Crippen LogP contribution in [0, 0.1) is 0 Å². The van der Waals surface area contributed by atoms with Gasteiger partial charge in [-0.1, -0.05) is 208 Å². The van der Waals surface area contributed by atoms with Crippen molar-refractivity contribution in [2.75, 3.05) is 0 Å². The molecule has 654 valence electrons. The van der Waals surface area contributed by atoms with E-state index in [1.54, 1.807) is 0 Å². The molecule has 0 aliphatic heterocycles. The van der Waals surface area contributed by atoms with E-state index >= 15 is 0 Å². The van der Waals surface area contributed by atoms with Crippen LogP contribution in [0.2, 0.25) is 0 Å². The summed E-state index contributed by atoms with van der Waals surface area (Å²) in [6.07, 6.45) is 5.58. The fourth-order valence-electron chi connectivity index (χ4n) is 25.5. The van der Waals surface area contributed by atoms with Gasteiger partial charge in [-0.25, -0.2) is 15.0 Å². The first-order chi connectivity index (χ1) is 69.7. The van der Waals surface area contributed by atoms with E-state index < -0.39 is 0 Å². The van der Waals surface area contributed by atoms with Gasteiger partial charge in [-0.05, 0) is 235 Å². The monoisotopic (exact) mass is 1870 g/mol. The Balaban J connectivity index is 0.0000000820. The highest BCUT2D eigenvalue weighted by Crippen LogP contribution is 2.59. The van der Waals surface area contributed by atoms with Gasteiger partial charge in [0.15, 0.2) is 0 Å². The summed E-state index contributed by atoms with van der Waals surface area (Å²) in [5.41, 5.74) is 31.5. The number of hydrogen-bond donors (Lipinski definition) is 0. The molecule has 37 rings (SSSR count). The zero-order chi connectivity index (χ0) is 91.5. The second kappa shape index (κ2) is 27.1. The van der Waals surface area contributed by atoms with Crippen molar-refractivity contribution in [2.45, 2.75) is 19.3 Å². The Kier molecular flexibility index (Phi) is 14.6. The molecule has 0 saturated carbocycles. The van der Waals surface area contributed by atoms with Gasteiger partial charge < -0.3 is 35.6 Å². The van der Waals surface area contributed by atoms with E-state index in [0.717, 1.165) is 72.0 Å². The lowest BCUT2D eigenvalue weighted by atomic mass is 9.80. The topological polar surface area (TPSA) is 110 Å². The van der Waals surface area contributed by atoms with Crippen molar-refractivity contribution in [1.29, 1.82) is 0 Å². The van der Waals surface area contributed by atoms with Crippen LogP contribution >= 0.6 is 45.3 Å². The summed E-state index contributed by atoms with van der Waals surface area (Å²) in [6, 6.07) is 128. The van der Waals surface area contributed by atoms with Crippen LogP contribution in [0.4, 0.5) is 0 Å². The van der Waals surface area contributed by atoms with Gasteiger partial charge in [-0.2, -0.15) is 0 Å². The van der Waals surface area contributed by atoms with Crippen LogP contribution in [-0.4, -0.2) is 32.9 Å². The molecule has 15 heteroatoms. The molecule has 0 unspecified atom stereocenters. The largest absolute Gasteiger partial charge is 0.456 e. The number of pyridine rings is 3. The summed E-state index contributed by atoms with van der Waals surface area (Å²) in [4.78, 5) is 13.8. The molecule has 0 bridgehead atoms. The van der Waals surface area contributed by atoms with Gasteiger partial charge in [0.2, 0.25) is 17.1 Å². The number of benzene rings is 19. The van der Waals surface area contributed by atoms with Crippen LogP contribution in [-0.2, 0) is 5.41 Å². The highest BCUT2D eigenvalue weighted by atomic mass is 32.1. The molecule has 0 spiro atoms. The van der Waals surface area contributed by atoms with Crippen molar-refractivity contribution in [1.82, 2.24) is 32.9 Å². The first-order valence-electron chi connectivity index (χ1n) is 47.7. The Hall–Kier alpha value is -17.3. The van der Waals surface area contributed by atoms with Crippen molar-refractivity contribution in [3.05, 3.63) is 382 Å². The quantitative estimate of drug-likeness (QED) is 0.161. The predicted molar refractivity (Wildman–Crippen MR) is 593 cm³/mol. The number of thiophene rings is 4. The maximum atomic E-state index is 6.41. The van der Waals surface area contributed by atoms with Crippen molar-refractivity contribution >= 4 is 323 Å². The van der Waals surface area contributed by atoms with Crippen LogP contribution in [0.1, 0.15) is 25.0 Å². The van der Waals surface area contributed by atoms with E-state index in [9.17, 15) is 0 Å². The molecule has 0 fully saturated rings. The van der Waals surface area contributed by atoms with Gasteiger partial charge in [0.25, 0.3) is 0 Å². The SMILES string of the molecule is CC1(C)c2ccccc2-c2ccc3c(c21)c1ccc2sc4ccc5oc6cccc7c6c5c4c2c1n37.c1ccc(-c2ccc(-n3c4ccnc5oc6ccc7sc8cccc3c8c7c6c54)cc2)cc1.c1ccc(-c2ccc3c(c2)c2ccc4sc5ccc6oc7nccc8c7c6c5c4c2n38)cc1.c1ccc2c(c1)c1ccccc1c1cc(-n3c4ccnc5oc6ccc7sc8cccc3c8c7c6c54)ccc21. The number of furan rings is 4. The van der Waals surface area contributed by atoms with Crippen molar-refractivity contribution in [3.8, 4) is 44.8 Å². The highest BCUT2D eigenvalue weighted by Gasteiger charge is 2.40. The Bertz CT molecular complexity index is 11500. The third-order valence-electron chi connectivity index (χ3n) is 31.2. The van der Waals surface area contributed by atoms with E-state index in [1.165, 1.54) is 245 Å². The van der Waals surface area contributed by atoms with Crippen LogP contribution in [0.15, 0.2) is 388 Å². The van der Waals surface area contributed by atoms with Gasteiger partial charge in [-0.15, -0.1) is 45.3 Å². The lowest BCUT2D eigenvalue weighted by molar-refractivity contribution is 0.654. The molecule has 1 aliphatic carbocycles. The zero-order valence-electron chi connectivity index (χ0n) is 75.1. The summed E-state index contributed by atoms with van der Waals surface area (Å²) >= 11 is 7.44. The Morgan fingerprint density at radius 2 is 0.610 bits per heavy atom. The summed E-state index contributed by atoms with van der Waals surface area (Å²) in [7, 11) is 0. The number of nitrogens with zero attached hydrogens (tertiary/aromatic N) is 7. The minimum atomic E-state index is -0.0690. The van der Waals surface area contributed by atoms with Crippen LogP contribution in [0.5, 0.6) is 0 Å². The summed E-state index contributed by atoms with van der Waals surface area (Å²) in [5, 5.41) is 32.8. The van der Waals surface area contributed by atoms with Crippen LogP contribution in [0.25, 0.3) is 323 Å².